The van der Waals surface area contributed by atoms with Gasteiger partial charge in [0.05, 0.1) is 11.4 Å². The van der Waals surface area contributed by atoms with E-state index in [1.807, 2.05) is 32.0 Å². The van der Waals surface area contributed by atoms with Crippen molar-refractivity contribution >= 4 is 17.2 Å². The number of fused-ring (bicyclic) bond motifs is 2. The summed E-state index contributed by atoms with van der Waals surface area (Å²) in [6, 6.07) is 7.12. The third-order valence-electron chi connectivity index (χ3n) is 7.62. The lowest BCUT2D eigenvalue weighted by molar-refractivity contribution is -0.107. The molecule has 2 aromatic heterocycles. The molecule has 0 saturated heterocycles. The summed E-state index contributed by atoms with van der Waals surface area (Å²) in [7, 11) is 0. The minimum atomic E-state index is -1.47. The second-order valence-corrected chi connectivity index (χ2v) is 11.0. The highest BCUT2D eigenvalue weighted by atomic mass is 19.2. The fourth-order valence-electron chi connectivity index (χ4n) is 5.66. The highest BCUT2D eigenvalue weighted by Gasteiger charge is 2.37. The van der Waals surface area contributed by atoms with E-state index in [0.717, 1.165) is 34.9 Å². The third kappa shape index (κ3) is 4.81. The van der Waals surface area contributed by atoms with Gasteiger partial charge in [-0.3, -0.25) is 0 Å². The Bertz CT molecular complexity index is 1720. The van der Waals surface area contributed by atoms with Crippen LogP contribution in [0.25, 0.3) is 10.9 Å². The van der Waals surface area contributed by atoms with Crippen molar-refractivity contribution in [2.24, 2.45) is 0 Å². The molecule has 2 aromatic carbocycles. The molecule has 1 aliphatic heterocycles. The number of benzene rings is 2. The summed E-state index contributed by atoms with van der Waals surface area (Å²) in [5, 5.41) is -0.154. The summed E-state index contributed by atoms with van der Waals surface area (Å²) in [6.07, 6.45) is 7.72. The van der Waals surface area contributed by atoms with Crippen molar-refractivity contribution in [2.75, 3.05) is 0 Å². The van der Waals surface area contributed by atoms with Crippen molar-refractivity contribution in [3.63, 3.8) is 0 Å². The molecule has 0 fully saturated rings. The number of H-pyrrole nitrogens is 2. The van der Waals surface area contributed by atoms with Crippen molar-refractivity contribution < 1.29 is 31.8 Å². The van der Waals surface area contributed by atoms with Gasteiger partial charge in [0.1, 0.15) is 35.0 Å². The number of halogens is 4. The molecule has 0 saturated carbocycles. The Morgan fingerprint density at radius 3 is 2.73 bits per heavy atom. The number of carbonyl (C=O) groups excluding carboxylic acids is 1. The van der Waals surface area contributed by atoms with Gasteiger partial charge >= 0.3 is 0 Å². The standard InChI is InChI=1S/C31H27F4N3O3/c1-31(2)14-21(18-7-3-5-16(6-4-12-39)28(18)41-31)23-15-37-30(38-23)20-13-17(8-9-22(20)32)40-29-24(33)19-10-11-36-27(19)25(34)26(29)35/h3,5,7-12,15,20-21,36H,4,6,13-14H2,1-2H3,(H,37,38). The number of rotatable bonds is 7. The smallest absolute Gasteiger partial charge is 0.206 e. The Morgan fingerprint density at radius 2 is 1.93 bits per heavy atom. The van der Waals surface area contributed by atoms with Crippen LogP contribution >= 0.6 is 0 Å². The summed E-state index contributed by atoms with van der Waals surface area (Å²) < 4.78 is 71.0. The molecule has 2 atom stereocenters. The van der Waals surface area contributed by atoms with Crippen LogP contribution in [0.5, 0.6) is 11.5 Å². The molecule has 41 heavy (non-hydrogen) atoms. The number of carbonyl (C=O) groups is 1. The molecule has 212 valence electrons. The number of hydrogen-bond donors (Lipinski definition) is 2. The number of aldehydes is 1. The fourth-order valence-corrected chi connectivity index (χ4v) is 5.66. The average molecular weight is 566 g/mol. The molecule has 1 aliphatic carbocycles. The van der Waals surface area contributed by atoms with Crippen molar-refractivity contribution in [3.8, 4) is 11.5 Å². The zero-order valence-electron chi connectivity index (χ0n) is 22.4. The molecule has 2 aliphatic rings. The maximum absolute atomic E-state index is 15.1. The number of aromatic nitrogens is 3. The van der Waals surface area contributed by atoms with Crippen LogP contribution in [0.1, 0.15) is 67.6 Å². The lowest BCUT2D eigenvalue weighted by Crippen LogP contribution is -2.35. The average Bonchev–Trinajstić information content (AvgIpc) is 3.64. The molecule has 0 spiro atoms. The molecular weight excluding hydrogens is 538 g/mol. The molecule has 0 bridgehead atoms. The molecule has 0 radical (unpaired) electrons. The van der Waals surface area contributed by atoms with Crippen LogP contribution < -0.4 is 9.47 Å². The molecule has 6 rings (SSSR count). The quantitative estimate of drug-likeness (QED) is 0.139. The second-order valence-electron chi connectivity index (χ2n) is 11.0. The van der Waals surface area contributed by atoms with E-state index in [1.54, 1.807) is 6.20 Å². The first kappa shape index (κ1) is 26.9. The highest BCUT2D eigenvalue weighted by molar-refractivity contribution is 5.82. The monoisotopic (exact) mass is 565 g/mol. The van der Waals surface area contributed by atoms with Crippen LogP contribution in [0.4, 0.5) is 17.6 Å². The van der Waals surface area contributed by atoms with E-state index < -0.39 is 40.5 Å². The molecule has 2 N–H and O–H groups in total. The Labute approximate surface area is 233 Å². The van der Waals surface area contributed by atoms with E-state index in [-0.39, 0.29) is 29.0 Å². The third-order valence-corrected chi connectivity index (χ3v) is 7.62. The number of hydrogen-bond acceptors (Lipinski definition) is 4. The van der Waals surface area contributed by atoms with Crippen LogP contribution in [-0.4, -0.2) is 26.8 Å². The van der Waals surface area contributed by atoms with Crippen molar-refractivity contribution in [1.82, 2.24) is 15.0 Å². The van der Waals surface area contributed by atoms with Crippen LogP contribution in [0.15, 0.2) is 60.4 Å². The normalized spacial score (nSPS) is 19.8. The molecule has 3 heterocycles. The largest absolute Gasteiger partial charge is 0.487 e. The van der Waals surface area contributed by atoms with Crippen LogP contribution in [0.3, 0.4) is 0 Å². The second kappa shape index (κ2) is 10.2. The van der Waals surface area contributed by atoms with E-state index in [0.29, 0.717) is 25.1 Å². The maximum Gasteiger partial charge on any atom is 0.206 e. The number of ether oxygens (including phenoxy) is 2. The van der Waals surface area contributed by atoms with E-state index in [4.69, 9.17) is 9.47 Å². The first-order valence-electron chi connectivity index (χ1n) is 13.3. The molecular formula is C31H27F4N3O3. The first-order chi connectivity index (χ1) is 19.7. The van der Waals surface area contributed by atoms with E-state index >= 15 is 4.39 Å². The molecule has 4 aromatic rings. The number of para-hydroxylation sites is 1. The van der Waals surface area contributed by atoms with Crippen LogP contribution in [0, 0.1) is 17.5 Å². The minimum Gasteiger partial charge on any atom is -0.487 e. The number of nitrogens with one attached hydrogen (secondary N) is 2. The highest BCUT2D eigenvalue weighted by Crippen LogP contribution is 2.46. The van der Waals surface area contributed by atoms with Gasteiger partial charge in [-0.15, -0.1) is 0 Å². The van der Waals surface area contributed by atoms with Crippen molar-refractivity contribution in [3.05, 3.63) is 100 Å². The molecule has 2 unspecified atom stereocenters. The van der Waals surface area contributed by atoms with Crippen LogP contribution in [-0.2, 0) is 11.2 Å². The Kier molecular flexibility index (Phi) is 6.71. The molecule has 10 heteroatoms. The SMILES string of the molecule is CC1(C)CC(c2cnc(C3CC(Oc4c(F)c(F)c5[nH]ccc5c4F)=CC=C3F)[nH]2)c2cccc(CCC=O)c2O1. The van der Waals surface area contributed by atoms with Gasteiger partial charge in [0, 0.05) is 47.8 Å². The zero-order chi connectivity index (χ0) is 28.9. The summed E-state index contributed by atoms with van der Waals surface area (Å²) in [6.45, 7) is 3.97. The Hall–Kier alpha value is -4.34. The fraction of sp³-hybridized carbons (Fsp3) is 0.290. The number of imidazole rings is 1. The lowest BCUT2D eigenvalue weighted by atomic mass is 9.81. The number of allylic oxidation sites excluding steroid dienone is 4. The number of aryl methyl sites for hydroxylation is 1. The van der Waals surface area contributed by atoms with E-state index in [1.165, 1.54) is 18.3 Å². The predicted octanol–water partition coefficient (Wildman–Crippen LogP) is 7.44. The first-order valence-corrected chi connectivity index (χ1v) is 13.3. The van der Waals surface area contributed by atoms with Gasteiger partial charge in [-0.05, 0) is 50.5 Å². The molecule has 6 nitrogen and oxygen atoms in total. The van der Waals surface area contributed by atoms with Gasteiger partial charge in [-0.25, -0.2) is 18.2 Å². The Balaban J connectivity index is 1.28. The topological polar surface area (TPSA) is 80.0 Å². The summed E-state index contributed by atoms with van der Waals surface area (Å²) >= 11 is 0. The summed E-state index contributed by atoms with van der Waals surface area (Å²) in [5.74, 6) is -5.10. The van der Waals surface area contributed by atoms with Gasteiger partial charge in [-0.2, -0.15) is 4.39 Å². The summed E-state index contributed by atoms with van der Waals surface area (Å²) in [5.41, 5.74) is 1.83. The number of nitrogens with zero attached hydrogens (tertiary/aromatic N) is 1. The van der Waals surface area contributed by atoms with E-state index in [9.17, 15) is 18.0 Å². The lowest BCUT2D eigenvalue weighted by Gasteiger charge is -2.38. The summed E-state index contributed by atoms with van der Waals surface area (Å²) in [4.78, 5) is 21.2. The predicted molar refractivity (Wildman–Crippen MR) is 144 cm³/mol. The van der Waals surface area contributed by atoms with Gasteiger partial charge in [-0.1, -0.05) is 18.2 Å². The minimum absolute atomic E-state index is 0.0544. The van der Waals surface area contributed by atoms with E-state index in [2.05, 4.69) is 15.0 Å². The van der Waals surface area contributed by atoms with Crippen molar-refractivity contribution in [1.29, 1.82) is 0 Å². The van der Waals surface area contributed by atoms with Gasteiger partial charge in [0.25, 0.3) is 0 Å². The van der Waals surface area contributed by atoms with Crippen molar-refractivity contribution in [2.45, 2.75) is 57.0 Å². The van der Waals surface area contributed by atoms with Gasteiger partial charge in [0.15, 0.2) is 11.6 Å². The van der Waals surface area contributed by atoms with Gasteiger partial charge < -0.3 is 24.2 Å². The molecule has 0 amide bonds. The maximum atomic E-state index is 15.1. The number of aromatic amines is 2. The van der Waals surface area contributed by atoms with Crippen LogP contribution in [0.2, 0.25) is 0 Å². The van der Waals surface area contributed by atoms with Gasteiger partial charge in [0.2, 0.25) is 11.6 Å². The Morgan fingerprint density at radius 1 is 1.10 bits per heavy atom. The zero-order valence-corrected chi connectivity index (χ0v) is 22.4.